The van der Waals surface area contributed by atoms with Crippen LogP contribution in [-0.4, -0.2) is 23.9 Å². The second-order valence-electron chi connectivity index (χ2n) is 6.82. The molecule has 0 spiro atoms. The van der Waals surface area contributed by atoms with Crippen molar-refractivity contribution in [3.8, 4) is 0 Å². The van der Waals surface area contributed by atoms with Gasteiger partial charge in [0.15, 0.2) is 0 Å². The van der Waals surface area contributed by atoms with Crippen LogP contribution in [-0.2, 0) is 0 Å². The van der Waals surface area contributed by atoms with Crippen LogP contribution >= 0.6 is 0 Å². The van der Waals surface area contributed by atoms with Gasteiger partial charge in [-0.05, 0) is 30.0 Å². The van der Waals surface area contributed by atoms with Crippen LogP contribution in [0.25, 0.3) is 5.70 Å². The van der Waals surface area contributed by atoms with Crippen molar-refractivity contribution in [3.63, 3.8) is 0 Å². The summed E-state index contributed by atoms with van der Waals surface area (Å²) in [7, 11) is 4.35. The highest BCUT2D eigenvalue weighted by Gasteiger charge is 2.30. The summed E-state index contributed by atoms with van der Waals surface area (Å²) in [5.74, 6) is 0.515. The summed E-state index contributed by atoms with van der Waals surface area (Å²) < 4.78 is 0. The van der Waals surface area contributed by atoms with Gasteiger partial charge in [0.25, 0.3) is 0 Å². The Morgan fingerprint density at radius 1 is 0.957 bits per heavy atom. The highest BCUT2D eigenvalue weighted by molar-refractivity contribution is 5.70. The van der Waals surface area contributed by atoms with Gasteiger partial charge in [-0.1, -0.05) is 61.9 Å². The monoisotopic (exact) mass is 306 g/mol. The molecule has 2 heteroatoms. The van der Waals surface area contributed by atoms with Crippen LogP contribution in [0.15, 0.2) is 54.7 Å². The van der Waals surface area contributed by atoms with Crippen LogP contribution in [0.4, 0.5) is 0 Å². The summed E-state index contributed by atoms with van der Waals surface area (Å²) in [5.41, 5.74) is 6.70. The summed E-state index contributed by atoms with van der Waals surface area (Å²) in [6.45, 7) is 6.70. The zero-order chi connectivity index (χ0) is 16.6. The fourth-order valence-corrected chi connectivity index (χ4v) is 3.50. The number of hydrogen-bond donors (Lipinski definition) is 0. The van der Waals surface area contributed by atoms with Crippen molar-refractivity contribution in [2.75, 3.05) is 14.1 Å². The molecule has 23 heavy (non-hydrogen) atoms. The van der Waals surface area contributed by atoms with Crippen molar-refractivity contribution in [2.24, 2.45) is 0 Å². The van der Waals surface area contributed by atoms with E-state index in [1.807, 2.05) is 0 Å². The third kappa shape index (κ3) is 2.86. The molecule has 2 aromatic carbocycles. The van der Waals surface area contributed by atoms with Gasteiger partial charge in [-0.15, -0.1) is 0 Å². The van der Waals surface area contributed by atoms with E-state index in [0.717, 1.165) is 0 Å². The number of rotatable bonds is 3. The van der Waals surface area contributed by atoms with Gasteiger partial charge in [-0.3, -0.25) is 0 Å². The second kappa shape index (κ2) is 6.11. The zero-order valence-corrected chi connectivity index (χ0v) is 14.7. The van der Waals surface area contributed by atoms with E-state index in [1.54, 1.807) is 0 Å². The SMILES string of the molecule is Cc1ccc(C(C)C)c(C2=CN(C)C(c3ccccc3)N2C)c1. The molecule has 1 atom stereocenters. The molecular formula is C21H26N2. The summed E-state index contributed by atoms with van der Waals surface area (Å²) in [4.78, 5) is 4.69. The van der Waals surface area contributed by atoms with Gasteiger partial charge in [-0.25, -0.2) is 0 Å². The maximum atomic E-state index is 2.38. The lowest BCUT2D eigenvalue weighted by Crippen LogP contribution is -2.26. The Balaban J connectivity index is 2.02. The number of nitrogens with zero attached hydrogens (tertiary/aromatic N) is 2. The van der Waals surface area contributed by atoms with Crippen molar-refractivity contribution in [3.05, 3.63) is 77.0 Å². The maximum Gasteiger partial charge on any atom is 0.127 e. The van der Waals surface area contributed by atoms with Gasteiger partial charge in [0.05, 0.1) is 5.70 Å². The van der Waals surface area contributed by atoms with Crippen molar-refractivity contribution >= 4 is 5.70 Å². The van der Waals surface area contributed by atoms with E-state index in [-0.39, 0.29) is 6.17 Å². The van der Waals surface area contributed by atoms with E-state index in [0.29, 0.717) is 5.92 Å². The van der Waals surface area contributed by atoms with E-state index in [2.05, 4.69) is 99.4 Å². The highest BCUT2D eigenvalue weighted by atomic mass is 15.4. The minimum atomic E-state index is 0.256. The maximum absolute atomic E-state index is 2.38. The number of hydrogen-bond acceptors (Lipinski definition) is 2. The molecule has 0 saturated carbocycles. The van der Waals surface area contributed by atoms with Crippen LogP contribution in [0.3, 0.4) is 0 Å². The van der Waals surface area contributed by atoms with Gasteiger partial charge in [0.2, 0.25) is 0 Å². The molecule has 3 rings (SSSR count). The molecule has 120 valence electrons. The minimum absolute atomic E-state index is 0.256. The molecule has 0 aliphatic carbocycles. The first-order valence-corrected chi connectivity index (χ1v) is 8.31. The van der Waals surface area contributed by atoms with Gasteiger partial charge in [-0.2, -0.15) is 0 Å². The molecular weight excluding hydrogens is 280 g/mol. The van der Waals surface area contributed by atoms with Crippen LogP contribution in [0.1, 0.15) is 48.2 Å². The average molecular weight is 306 g/mol. The third-order valence-electron chi connectivity index (χ3n) is 4.66. The Morgan fingerprint density at radius 3 is 2.30 bits per heavy atom. The van der Waals surface area contributed by atoms with E-state index in [4.69, 9.17) is 0 Å². The summed E-state index contributed by atoms with van der Waals surface area (Å²) >= 11 is 0. The lowest BCUT2D eigenvalue weighted by Gasteiger charge is -2.30. The van der Waals surface area contributed by atoms with Gasteiger partial charge >= 0.3 is 0 Å². The van der Waals surface area contributed by atoms with Crippen LogP contribution < -0.4 is 0 Å². The highest BCUT2D eigenvalue weighted by Crippen LogP contribution is 2.39. The van der Waals surface area contributed by atoms with Crippen LogP contribution in [0.2, 0.25) is 0 Å². The Bertz CT molecular complexity index is 716. The van der Waals surface area contributed by atoms with Gasteiger partial charge in [0.1, 0.15) is 6.17 Å². The molecule has 0 N–H and O–H groups in total. The summed E-state index contributed by atoms with van der Waals surface area (Å²) in [6, 6.07) is 17.5. The Labute approximate surface area is 140 Å². The normalized spacial score (nSPS) is 17.8. The van der Waals surface area contributed by atoms with E-state index in [1.165, 1.54) is 28.0 Å². The molecule has 1 heterocycles. The number of aryl methyl sites for hydroxylation is 1. The largest absolute Gasteiger partial charge is 0.355 e. The molecule has 0 amide bonds. The van der Waals surface area contributed by atoms with E-state index < -0.39 is 0 Å². The first-order chi connectivity index (χ1) is 11.0. The minimum Gasteiger partial charge on any atom is -0.355 e. The van der Waals surface area contributed by atoms with Crippen molar-refractivity contribution < 1.29 is 0 Å². The molecule has 1 unspecified atom stereocenters. The van der Waals surface area contributed by atoms with E-state index in [9.17, 15) is 0 Å². The first-order valence-electron chi connectivity index (χ1n) is 8.31. The van der Waals surface area contributed by atoms with Gasteiger partial charge in [0, 0.05) is 25.9 Å². The molecule has 2 nitrogen and oxygen atoms in total. The van der Waals surface area contributed by atoms with E-state index >= 15 is 0 Å². The molecule has 0 radical (unpaired) electrons. The fourth-order valence-electron chi connectivity index (χ4n) is 3.50. The van der Waals surface area contributed by atoms with Crippen LogP contribution in [0, 0.1) is 6.92 Å². The predicted octanol–water partition coefficient (Wildman–Crippen LogP) is 4.99. The smallest absolute Gasteiger partial charge is 0.127 e. The van der Waals surface area contributed by atoms with Gasteiger partial charge < -0.3 is 9.80 Å². The predicted molar refractivity (Wildman–Crippen MR) is 98.0 cm³/mol. The first kappa shape index (κ1) is 15.7. The topological polar surface area (TPSA) is 6.48 Å². The molecule has 2 aromatic rings. The molecule has 0 saturated heterocycles. The van der Waals surface area contributed by atoms with Crippen molar-refractivity contribution in [1.29, 1.82) is 0 Å². The van der Waals surface area contributed by atoms with Crippen molar-refractivity contribution in [1.82, 2.24) is 9.80 Å². The standard InChI is InChI=1S/C21H26N2/c1-15(2)18-12-11-16(3)13-19(18)20-14-22(4)21(23(20)5)17-9-7-6-8-10-17/h6-15,21H,1-5H3. The van der Waals surface area contributed by atoms with Crippen molar-refractivity contribution in [2.45, 2.75) is 32.9 Å². The summed E-state index contributed by atoms with van der Waals surface area (Å²) in [6.07, 6.45) is 2.53. The molecule has 1 aliphatic heterocycles. The third-order valence-corrected chi connectivity index (χ3v) is 4.66. The zero-order valence-electron chi connectivity index (χ0n) is 14.7. The Hall–Kier alpha value is -2.22. The average Bonchev–Trinajstić information content (AvgIpc) is 2.82. The summed E-state index contributed by atoms with van der Waals surface area (Å²) in [5, 5.41) is 0. The lowest BCUT2D eigenvalue weighted by atomic mass is 9.93. The Kier molecular flexibility index (Phi) is 4.16. The fraction of sp³-hybridized carbons (Fsp3) is 0.333. The lowest BCUT2D eigenvalue weighted by molar-refractivity contribution is 0.215. The Morgan fingerprint density at radius 2 is 1.65 bits per heavy atom. The number of benzene rings is 2. The molecule has 0 fully saturated rings. The van der Waals surface area contributed by atoms with Crippen LogP contribution in [0.5, 0.6) is 0 Å². The molecule has 0 bridgehead atoms. The quantitative estimate of drug-likeness (QED) is 0.788. The molecule has 0 aromatic heterocycles. The molecule has 1 aliphatic rings. The second-order valence-corrected chi connectivity index (χ2v) is 6.82.